The van der Waals surface area contributed by atoms with Gasteiger partial charge < -0.3 is 0 Å². The van der Waals surface area contributed by atoms with E-state index in [4.69, 9.17) is 11.6 Å². The van der Waals surface area contributed by atoms with Crippen molar-refractivity contribution >= 4 is 14.8 Å². The van der Waals surface area contributed by atoms with E-state index in [1.807, 2.05) is 6.07 Å². The van der Waals surface area contributed by atoms with Crippen molar-refractivity contribution in [2.45, 2.75) is 65.4 Å². The molecule has 49 heavy (non-hydrogen) atoms. The van der Waals surface area contributed by atoms with Gasteiger partial charge in [-0.2, -0.15) is 0 Å². The van der Waals surface area contributed by atoms with E-state index < -0.39 is 21.3 Å². The van der Waals surface area contributed by atoms with Crippen LogP contribution in [0.1, 0.15) is 72.9 Å². The van der Waals surface area contributed by atoms with E-state index in [-0.39, 0.29) is 37.9 Å². The summed E-state index contributed by atoms with van der Waals surface area (Å²) >= 11 is 3.90. The van der Waals surface area contributed by atoms with Gasteiger partial charge in [0.2, 0.25) is 0 Å². The van der Waals surface area contributed by atoms with Crippen LogP contribution in [0.15, 0.2) is 149 Å². The Hall–Kier alpha value is -2.60. The number of hydrogen-bond acceptors (Lipinski definition) is 0. The second kappa shape index (κ2) is 11.0. The number of hydrogen-bond donors (Lipinski definition) is 0. The van der Waals surface area contributed by atoms with Gasteiger partial charge >= 0.3 is 310 Å². The predicted molar refractivity (Wildman–Crippen MR) is 206 cm³/mol. The molecule has 2 aromatic carbocycles. The van der Waals surface area contributed by atoms with Crippen molar-refractivity contribution in [1.82, 2.24) is 0 Å². The van der Waals surface area contributed by atoms with Crippen molar-refractivity contribution < 1.29 is 21.3 Å². The Kier molecular flexibility index (Phi) is 7.50. The first-order chi connectivity index (χ1) is 23.3. The van der Waals surface area contributed by atoms with Gasteiger partial charge in [-0.15, -0.1) is 0 Å². The second-order valence-corrected chi connectivity index (χ2v) is 23.8. The van der Waals surface area contributed by atoms with E-state index in [0.29, 0.717) is 9.54 Å². The van der Waals surface area contributed by atoms with Crippen LogP contribution in [0.25, 0.3) is 0 Å². The number of rotatable bonds is 4. The summed E-state index contributed by atoms with van der Waals surface area (Å²) < 4.78 is 3.77. The normalized spacial score (nSPS) is 43.0. The first kappa shape index (κ1) is 33.5. The minimum absolute atomic E-state index is 0.0689. The first-order valence-corrected chi connectivity index (χ1v) is 22.5. The fourth-order valence-corrected chi connectivity index (χ4v) is 24.5. The molecule has 2 heteroatoms. The molecule has 9 atom stereocenters. The Balaban J connectivity index is 1.59. The van der Waals surface area contributed by atoms with Gasteiger partial charge in [0.25, 0.3) is 0 Å². The van der Waals surface area contributed by atoms with Gasteiger partial charge in [-0.3, -0.25) is 0 Å². The average Bonchev–Trinajstić information content (AvgIpc) is 3.68. The summed E-state index contributed by atoms with van der Waals surface area (Å²) in [6, 6.07) is 20.2. The van der Waals surface area contributed by atoms with E-state index in [2.05, 4.69) is 189 Å². The Labute approximate surface area is 308 Å². The maximum atomic E-state index is 6.89. The zero-order valence-corrected chi connectivity index (χ0v) is 33.7. The van der Waals surface area contributed by atoms with Crippen LogP contribution in [0, 0.1) is 43.8 Å². The molecule has 0 aromatic heterocycles. The molecule has 0 bridgehead atoms. The SMILES string of the molecule is CC1=CC=CC2[CH]([Zr]([C]3=CC=CC3)=[C](c3ccccc3)c3cccc(Cl)c3)C3(C)C4(C)C=CC=CC4(C)C4(C)C=CC=CC4(C)C3(C)C12C. The second-order valence-electron chi connectivity index (χ2n) is 17.0. The van der Waals surface area contributed by atoms with Crippen LogP contribution < -0.4 is 0 Å². The summed E-state index contributed by atoms with van der Waals surface area (Å²) in [6.45, 7) is 21.2. The molecule has 250 valence electrons. The summed E-state index contributed by atoms with van der Waals surface area (Å²) in [7, 11) is 0. The van der Waals surface area contributed by atoms with Gasteiger partial charge in [-0.05, 0) is 0 Å². The summed E-state index contributed by atoms with van der Waals surface area (Å²) in [5.41, 5.74) is 3.44. The third kappa shape index (κ3) is 3.73. The predicted octanol–water partition coefficient (Wildman–Crippen LogP) is 12.6. The zero-order chi connectivity index (χ0) is 34.7. The quantitative estimate of drug-likeness (QED) is 0.293. The van der Waals surface area contributed by atoms with Crippen LogP contribution >= 0.6 is 11.6 Å². The molecular weight excluding hydrogens is 691 g/mol. The van der Waals surface area contributed by atoms with Gasteiger partial charge in [0.1, 0.15) is 0 Å². The molecule has 6 aliphatic carbocycles. The maximum absolute atomic E-state index is 6.89. The van der Waals surface area contributed by atoms with Gasteiger partial charge in [-0.1, -0.05) is 0 Å². The monoisotopic (exact) mass is 740 g/mol. The van der Waals surface area contributed by atoms with Crippen molar-refractivity contribution in [2.24, 2.45) is 43.8 Å². The van der Waals surface area contributed by atoms with E-state index in [1.54, 1.807) is 6.49 Å². The third-order valence-electron chi connectivity index (χ3n) is 16.4. The molecule has 0 aliphatic heterocycles. The fourth-order valence-electron chi connectivity index (χ4n) is 13.1. The summed E-state index contributed by atoms with van der Waals surface area (Å²) in [5.74, 6) is 0.389. The molecule has 0 spiro atoms. The minimum atomic E-state index is -2.98. The van der Waals surface area contributed by atoms with Gasteiger partial charge in [-0.25, -0.2) is 0 Å². The van der Waals surface area contributed by atoms with Crippen LogP contribution in [0.4, 0.5) is 0 Å². The van der Waals surface area contributed by atoms with Crippen LogP contribution in [0.2, 0.25) is 8.65 Å². The molecular formula is C47H51ClZr. The summed E-state index contributed by atoms with van der Waals surface area (Å²) in [4.78, 5) is 0. The first-order valence-electron chi connectivity index (χ1n) is 18.3. The molecule has 0 amide bonds. The summed E-state index contributed by atoms with van der Waals surface area (Å²) in [6.07, 6.45) is 35.9. The molecule has 6 aliphatic rings. The van der Waals surface area contributed by atoms with Crippen LogP contribution in [0.5, 0.6) is 0 Å². The van der Waals surface area contributed by atoms with E-state index in [0.717, 1.165) is 11.4 Å². The van der Waals surface area contributed by atoms with Crippen molar-refractivity contribution in [2.75, 3.05) is 0 Å². The zero-order valence-electron chi connectivity index (χ0n) is 30.5. The Morgan fingerprint density at radius 3 is 1.92 bits per heavy atom. The van der Waals surface area contributed by atoms with Crippen molar-refractivity contribution in [3.63, 3.8) is 0 Å². The third-order valence-corrected chi connectivity index (χ3v) is 25.8. The van der Waals surface area contributed by atoms with Gasteiger partial charge in [0.15, 0.2) is 0 Å². The molecule has 0 N–H and O–H groups in total. The van der Waals surface area contributed by atoms with E-state index >= 15 is 0 Å². The molecule has 0 heterocycles. The van der Waals surface area contributed by atoms with Crippen LogP contribution in [-0.4, -0.2) is 3.21 Å². The molecule has 0 nitrogen and oxygen atoms in total. The van der Waals surface area contributed by atoms with Crippen molar-refractivity contribution in [3.8, 4) is 0 Å². The number of allylic oxidation sites excluding steroid dienone is 16. The van der Waals surface area contributed by atoms with Crippen molar-refractivity contribution in [3.05, 3.63) is 165 Å². The average molecular weight is 743 g/mol. The number of halogens is 1. The van der Waals surface area contributed by atoms with E-state index in [9.17, 15) is 0 Å². The fraction of sp³-hybridized carbons (Fsp3) is 0.383. The van der Waals surface area contributed by atoms with Crippen LogP contribution in [0.3, 0.4) is 0 Å². The van der Waals surface area contributed by atoms with E-state index in [1.165, 1.54) is 16.7 Å². The standard InChI is InChI=1S/C29H37.C13H9Cl.C5H5.Zr/c1-21-14-13-15-22-20-27(6)25(4)18-10-9-16-23(25,2)24(3)17-11-12-19-26(24,5)29(27,8)28(21,22)7;14-13-8-4-7-12(10-13)9-11-5-2-1-3-6-11;1-2-4-5-3-1;/h9-20,22H,1-8H3;1-8,10H;1-3H,4H2;. The Morgan fingerprint density at radius 1 is 0.673 bits per heavy atom. The number of fused-ring (bicyclic) bond motifs is 8. The Bertz CT molecular complexity index is 2030. The molecule has 2 saturated carbocycles. The topological polar surface area (TPSA) is 0 Å². The Morgan fingerprint density at radius 2 is 1.29 bits per heavy atom. The van der Waals surface area contributed by atoms with Crippen molar-refractivity contribution in [1.29, 1.82) is 0 Å². The molecule has 9 unspecified atom stereocenters. The molecule has 0 saturated heterocycles. The number of benzene rings is 2. The molecule has 8 rings (SSSR count). The molecule has 2 aromatic rings. The van der Waals surface area contributed by atoms with Gasteiger partial charge in [0.05, 0.1) is 0 Å². The summed E-state index contributed by atoms with van der Waals surface area (Å²) in [5, 5.41) is 0.816. The molecule has 2 fully saturated rings. The van der Waals surface area contributed by atoms with Crippen LogP contribution in [-0.2, 0) is 21.3 Å². The molecule has 0 radical (unpaired) electrons. The van der Waals surface area contributed by atoms with Gasteiger partial charge in [0, 0.05) is 0 Å².